The van der Waals surface area contributed by atoms with Crippen LogP contribution in [0.4, 0.5) is 0 Å². The van der Waals surface area contributed by atoms with Crippen molar-refractivity contribution in [1.82, 2.24) is 4.31 Å². The maximum atomic E-state index is 11.5. The van der Waals surface area contributed by atoms with E-state index >= 15 is 0 Å². The molecule has 2 atom stereocenters. The summed E-state index contributed by atoms with van der Waals surface area (Å²) >= 11 is 0. The Morgan fingerprint density at radius 3 is 2.53 bits per heavy atom. The van der Waals surface area contributed by atoms with Gasteiger partial charge in [0.15, 0.2) is 0 Å². The molecule has 1 saturated heterocycles. The number of aliphatic hydroxyl groups is 1. The van der Waals surface area contributed by atoms with Crippen molar-refractivity contribution in [2.45, 2.75) is 44.6 Å². The second kappa shape index (κ2) is 5.24. The topological polar surface area (TPSA) is 57.6 Å². The molecule has 0 bridgehead atoms. The standard InChI is InChI=1S/C12H23NO3S/c1-17(15,16)13-7-3-4-10(9-13)8-12(14)11-5-2-6-11/h10-12,14H,2-9H2,1H3. The lowest BCUT2D eigenvalue weighted by molar-refractivity contribution is 0.0349. The molecule has 1 heterocycles. The van der Waals surface area contributed by atoms with Crippen molar-refractivity contribution in [2.24, 2.45) is 11.8 Å². The molecule has 100 valence electrons. The Morgan fingerprint density at radius 2 is 2.00 bits per heavy atom. The van der Waals surface area contributed by atoms with E-state index in [0.29, 0.717) is 24.9 Å². The number of sulfonamides is 1. The predicted octanol–water partition coefficient (Wildman–Crippen LogP) is 1.21. The SMILES string of the molecule is CS(=O)(=O)N1CCCC(CC(O)C2CCC2)C1. The Bertz CT molecular complexity index is 351. The number of rotatable bonds is 4. The van der Waals surface area contributed by atoms with Crippen molar-refractivity contribution < 1.29 is 13.5 Å². The van der Waals surface area contributed by atoms with Crippen molar-refractivity contribution >= 4 is 10.0 Å². The number of piperidine rings is 1. The summed E-state index contributed by atoms with van der Waals surface area (Å²) in [6, 6.07) is 0. The molecule has 0 amide bonds. The van der Waals surface area contributed by atoms with Crippen LogP contribution >= 0.6 is 0 Å². The van der Waals surface area contributed by atoms with Gasteiger partial charge in [-0.3, -0.25) is 0 Å². The van der Waals surface area contributed by atoms with Crippen LogP contribution in [0.3, 0.4) is 0 Å². The number of aliphatic hydroxyl groups excluding tert-OH is 1. The highest BCUT2D eigenvalue weighted by atomic mass is 32.2. The van der Waals surface area contributed by atoms with Gasteiger partial charge in [-0.2, -0.15) is 0 Å². The van der Waals surface area contributed by atoms with Gasteiger partial charge in [0.25, 0.3) is 0 Å². The van der Waals surface area contributed by atoms with Gasteiger partial charge in [0.1, 0.15) is 0 Å². The molecule has 1 saturated carbocycles. The van der Waals surface area contributed by atoms with Gasteiger partial charge in [-0.05, 0) is 43.9 Å². The van der Waals surface area contributed by atoms with Gasteiger partial charge in [0.2, 0.25) is 10.0 Å². The van der Waals surface area contributed by atoms with E-state index in [0.717, 1.165) is 32.1 Å². The van der Waals surface area contributed by atoms with Gasteiger partial charge in [-0.1, -0.05) is 6.42 Å². The van der Waals surface area contributed by atoms with E-state index in [1.807, 2.05) is 0 Å². The second-order valence-electron chi connectivity index (χ2n) is 5.62. The van der Waals surface area contributed by atoms with Crippen molar-refractivity contribution in [3.63, 3.8) is 0 Å². The van der Waals surface area contributed by atoms with Crippen molar-refractivity contribution in [3.8, 4) is 0 Å². The molecule has 0 aromatic rings. The average molecular weight is 261 g/mol. The minimum atomic E-state index is -3.05. The molecular formula is C12H23NO3S. The number of hydrogen-bond donors (Lipinski definition) is 1. The molecule has 2 unspecified atom stereocenters. The summed E-state index contributed by atoms with van der Waals surface area (Å²) in [5.74, 6) is 0.817. The van der Waals surface area contributed by atoms with Crippen LogP contribution in [0.1, 0.15) is 38.5 Å². The van der Waals surface area contributed by atoms with E-state index < -0.39 is 10.0 Å². The molecule has 17 heavy (non-hydrogen) atoms. The van der Waals surface area contributed by atoms with Crippen LogP contribution < -0.4 is 0 Å². The molecule has 0 spiro atoms. The van der Waals surface area contributed by atoms with Crippen molar-refractivity contribution in [3.05, 3.63) is 0 Å². The van der Waals surface area contributed by atoms with Crippen molar-refractivity contribution in [2.75, 3.05) is 19.3 Å². The van der Waals surface area contributed by atoms with Crippen LogP contribution in [-0.2, 0) is 10.0 Å². The summed E-state index contributed by atoms with van der Waals surface area (Å²) in [7, 11) is -3.05. The summed E-state index contributed by atoms with van der Waals surface area (Å²) in [5, 5.41) is 10.0. The Labute approximate surface area is 104 Å². The molecule has 0 aromatic carbocycles. The van der Waals surface area contributed by atoms with E-state index in [-0.39, 0.29) is 6.10 Å². The molecule has 0 aromatic heterocycles. The lowest BCUT2D eigenvalue weighted by Crippen LogP contribution is -2.41. The fourth-order valence-corrected chi connectivity index (χ4v) is 3.82. The molecular weight excluding hydrogens is 238 g/mol. The maximum Gasteiger partial charge on any atom is 0.211 e. The van der Waals surface area contributed by atoms with Gasteiger partial charge in [-0.25, -0.2) is 12.7 Å². The molecule has 1 aliphatic heterocycles. The minimum Gasteiger partial charge on any atom is -0.393 e. The van der Waals surface area contributed by atoms with Gasteiger partial charge < -0.3 is 5.11 Å². The van der Waals surface area contributed by atoms with E-state index in [1.54, 1.807) is 4.31 Å². The van der Waals surface area contributed by atoms with Crippen LogP contribution in [0.5, 0.6) is 0 Å². The van der Waals surface area contributed by atoms with E-state index in [2.05, 4.69) is 0 Å². The lowest BCUT2D eigenvalue weighted by Gasteiger charge is -2.36. The molecule has 2 aliphatic rings. The van der Waals surface area contributed by atoms with E-state index in [4.69, 9.17) is 0 Å². The van der Waals surface area contributed by atoms with Gasteiger partial charge in [-0.15, -0.1) is 0 Å². The highest BCUT2D eigenvalue weighted by molar-refractivity contribution is 7.88. The Hall–Kier alpha value is -0.130. The zero-order valence-electron chi connectivity index (χ0n) is 10.5. The Balaban J connectivity index is 1.84. The van der Waals surface area contributed by atoms with Crippen LogP contribution in [0.15, 0.2) is 0 Å². The second-order valence-corrected chi connectivity index (χ2v) is 7.61. The smallest absolute Gasteiger partial charge is 0.211 e. The summed E-state index contributed by atoms with van der Waals surface area (Å²) in [4.78, 5) is 0. The maximum absolute atomic E-state index is 11.5. The fourth-order valence-electron chi connectivity index (χ4n) is 2.88. The third-order valence-electron chi connectivity index (χ3n) is 4.22. The van der Waals surface area contributed by atoms with Crippen molar-refractivity contribution in [1.29, 1.82) is 0 Å². The molecule has 1 aliphatic carbocycles. The largest absolute Gasteiger partial charge is 0.393 e. The van der Waals surface area contributed by atoms with Gasteiger partial charge >= 0.3 is 0 Å². The normalized spacial score (nSPS) is 29.9. The van der Waals surface area contributed by atoms with Crippen LogP contribution in [0.2, 0.25) is 0 Å². The number of nitrogens with zero attached hydrogens (tertiary/aromatic N) is 1. The molecule has 2 fully saturated rings. The summed E-state index contributed by atoms with van der Waals surface area (Å²) in [6.45, 7) is 1.25. The average Bonchev–Trinajstić information content (AvgIpc) is 2.13. The zero-order chi connectivity index (χ0) is 12.5. The molecule has 5 heteroatoms. The van der Waals surface area contributed by atoms with Crippen LogP contribution in [-0.4, -0.2) is 43.3 Å². The highest BCUT2D eigenvalue weighted by Crippen LogP contribution is 2.33. The molecule has 4 nitrogen and oxygen atoms in total. The fraction of sp³-hybridized carbons (Fsp3) is 1.00. The van der Waals surface area contributed by atoms with E-state index in [9.17, 15) is 13.5 Å². The van der Waals surface area contributed by atoms with Gasteiger partial charge in [0, 0.05) is 13.1 Å². The summed E-state index contributed by atoms with van der Waals surface area (Å²) in [6.07, 6.45) is 7.34. The summed E-state index contributed by atoms with van der Waals surface area (Å²) < 4.78 is 24.5. The molecule has 1 N–H and O–H groups in total. The lowest BCUT2D eigenvalue weighted by atomic mass is 9.77. The monoisotopic (exact) mass is 261 g/mol. The highest BCUT2D eigenvalue weighted by Gasteiger charge is 2.31. The first-order chi connectivity index (χ1) is 7.97. The van der Waals surface area contributed by atoms with Crippen LogP contribution in [0, 0.1) is 11.8 Å². The van der Waals surface area contributed by atoms with Gasteiger partial charge in [0.05, 0.1) is 12.4 Å². The first-order valence-corrected chi connectivity index (χ1v) is 8.45. The van der Waals surface area contributed by atoms with E-state index in [1.165, 1.54) is 12.7 Å². The van der Waals surface area contributed by atoms with Crippen LogP contribution in [0.25, 0.3) is 0 Å². The summed E-state index contributed by atoms with van der Waals surface area (Å²) in [5.41, 5.74) is 0. The quantitative estimate of drug-likeness (QED) is 0.827. The Kier molecular flexibility index (Phi) is 4.10. The zero-order valence-corrected chi connectivity index (χ0v) is 11.3. The molecule has 2 rings (SSSR count). The minimum absolute atomic E-state index is 0.215. The first-order valence-electron chi connectivity index (χ1n) is 6.60. The number of hydrogen-bond acceptors (Lipinski definition) is 3. The third-order valence-corrected chi connectivity index (χ3v) is 5.49. The third kappa shape index (κ3) is 3.42. The first kappa shape index (κ1) is 13.3. The predicted molar refractivity (Wildman–Crippen MR) is 67.1 cm³/mol. The molecule has 0 radical (unpaired) electrons. The Morgan fingerprint density at radius 1 is 1.29 bits per heavy atom.